The molecule has 10 heteroatoms. The van der Waals surface area contributed by atoms with E-state index in [0.29, 0.717) is 26.2 Å². The van der Waals surface area contributed by atoms with Crippen LogP contribution in [0.15, 0.2) is 53.4 Å². The molecule has 156 valence electrons. The fourth-order valence-corrected chi connectivity index (χ4v) is 4.02. The largest absolute Gasteiger partial charge is 0.508 e. The lowest BCUT2D eigenvalue weighted by atomic mass is 10.2. The Morgan fingerprint density at radius 2 is 1.66 bits per heavy atom. The number of alkyl halides is 2. The van der Waals surface area contributed by atoms with Crippen molar-refractivity contribution in [2.24, 2.45) is 0 Å². The number of para-hydroxylation sites is 1. The van der Waals surface area contributed by atoms with E-state index in [-0.39, 0.29) is 18.0 Å². The number of nitrogens with zero attached hydrogens (tertiary/aromatic N) is 2. The Hall–Kier alpha value is -2.72. The van der Waals surface area contributed by atoms with Gasteiger partial charge in [0.05, 0.1) is 17.1 Å². The summed E-state index contributed by atoms with van der Waals surface area (Å²) in [6, 6.07) is 12.0. The molecule has 0 aliphatic carbocycles. The number of halogens is 2. The van der Waals surface area contributed by atoms with Gasteiger partial charge in [-0.25, -0.2) is 8.42 Å². The number of anilines is 2. The lowest BCUT2D eigenvalue weighted by molar-refractivity contribution is -0.117. The quantitative estimate of drug-likeness (QED) is 0.737. The van der Waals surface area contributed by atoms with E-state index in [1.54, 1.807) is 12.1 Å². The smallest absolute Gasteiger partial charge is 0.341 e. The third-order valence-electron chi connectivity index (χ3n) is 4.66. The second-order valence-electron chi connectivity index (χ2n) is 6.63. The molecule has 3 rings (SSSR count). The van der Waals surface area contributed by atoms with E-state index in [2.05, 4.69) is 10.2 Å². The summed E-state index contributed by atoms with van der Waals surface area (Å²) < 4.78 is 49.3. The van der Waals surface area contributed by atoms with Gasteiger partial charge in [0.15, 0.2) is 0 Å². The predicted molar refractivity (Wildman–Crippen MR) is 105 cm³/mol. The first-order chi connectivity index (χ1) is 13.8. The minimum Gasteiger partial charge on any atom is -0.508 e. The van der Waals surface area contributed by atoms with Crippen LogP contribution in [-0.4, -0.2) is 62.8 Å². The van der Waals surface area contributed by atoms with Crippen LogP contribution in [0.25, 0.3) is 0 Å². The highest BCUT2D eigenvalue weighted by Crippen LogP contribution is 2.26. The first-order valence-corrected chi connectivity index (χ1v) is 10.5. The van der Waals surface area contributed by atoms with Crippen LogP contribution in [0.5, 0.6) is 5.75 Å². The highest BCUT2D eigenvalue weighted by Gasteiger charge is 2.29. The molecular formula is C19H21F2N3O4S. The number of amides is 1. The molecule has 0 atom stereocenters. The van der Waals surface area contributed by atoms with E-state index in [4.69, 9.17) is 0 Å². The molecule has 1 fully saturated rings. The van der Waals surface area contributed by atoms with Gasteiger partial charge in [0.1, 0.15) is 5.75 Å². The van der Waals surface area contributed by atoms with E-state index in [1.165, 1.54) is 18.2 Å². The highest BCUT2D eigenvalue weighted by atomic mass is 32.2. The lowest BCUT2D eigenvalue weighted by Crippen LogP contribution is -2.48. The number of sulfone groups is 1. The van der Waals surface area contributed by atoms with Crippen molar-refractivity contribution in [3.63, 3.8) is 0 Å². The van der Waals surface area contributed by atoms with E-state index in [0.717, 1.165) is 11.8 Å². The molecule has 0 spiro atoms. The number of benzene rings is 2. The maximum atomic E-state index is 12.9. The van der Waals surface area contributed by atoms with Crippen LogP contribution in [0, 0.1) is 0 Å². The number of phenolic OH excluding ortho intramolecular Hbond substituents is 1. The molecule has 0 aromatic heterocycles. The van der Waals surface area contributed by atoms with Crippen molar-refractivity contribution in [1.29, 1.82) is 0 Å². The van der Waals surface area contributed by atoms with Crippen molar-refractivity contribution in [1.82, 2.24) is 4.90 Å². The van der Waals surface area contributed by atoms with Crippen molar-refractivity contribution < 1.29 is 27.1 Å². The predicted octanol–water partition coefficient (Wildman–Crippen LogP) is 2.15. The van der Waals surface area contributed by atoms with Crippen molar-refractivity contribution in [3.05, 3.63) is 48.5 Å². The third kappa shape index (κ3) is 5.01. The Morgan fingerprint density at radius 3 is 2.28 bits per heavy atom. The van der Waals surface area contributed by atoms with E-state index in [9.17, 15) is 27.1 Å². The van der Waals surface area contributed by atoms with Gasteiger partial charge < -0.3 is 15.3 Å². The molecule has 2 aromatic rings. The number of rotatable bonds is 6. The summed E-state index contributed by atoms with van der Waals surface area (Å²) in [4.78, 5) is 15.8. The fraction of sp³-hybridized carbons (Fsp3) is 0.316. The number of nitrogens with one attached hydrogen (secondary N) is 1. The van der Waals surface area contributed by atoms with Gasteiger partial charge in [-0.3, -0.25) is 9.69 Å². The minimum atomic E-state index is -4.81. The molecule has 2 aromatic carbocycles. The number of carbonyl (C=O) groups excluding carboxylic acids is 1. The molecule has 0 unspecified atom stereocenters. The standard InChI is InChI=1S/C19H21F2N3O4S/c20-19(21)29(27,28)17-4-2-1-3-16(17)22-18(26)13-23-9-11-24(12-10-23)14-5-7-15(25)8-6-14/h1-8,19,25H,9-13H2,(H,22,26). The lowest BCUT2D eigenvalue weighted by Gasteiger charge is -2.35. The average Bonchev–Trinajstić information content (AvgIpc) is 2.69. The van der Waals surface area contributed by atoms with E-state index in [1.807, 2.05) is 17.0 Å². The van der Waals surface area contributed by atoms with E-state index >= 15 is 0 Å². The number of carbonyl (C=O) groups is 1. The zero-order valence-corrected chi connectivity index (χ0v) is 16.3. The molecular weight excluding hydrogens is 404 g/mol. The van der Waals surface area contributed by atoms with Crippen LogP contribution in [-0.2, 0) is 14.6 Å². The Bertz CT molecular complexity index is 960. The van der Waals surface area contributed by atoms with Crippen molar-refractivity contribution in [2.45, 2.75) is 10.7 Å². The van der Waals surface area contributed by atoms with Gasteiger partial charge in [0, 0.05) is 31.9 Å². The van der Waals surface area contributed by atoms with Crippen LogP contribution in [0.4, 0.5) is 20.2 Å². The van der Waals surface area contributed by atoms with Crippen molar-refractivity contribution in [3.8, 4) is 5.75 Å². The monoisotopic (exact) mass is 425 g/mol. The van der Waals surface area contributed by atoms with Crippen LogP contribution in [0.1, 0.15) is 0 Å². The van der Waals surface area contributed by atoms with Gasteiger partial charge in [-0.1, -0.05) is 12.1 Å². The highest BCUT2D eigenvalue weighted by molar-refractivity contribution is 7.91. The Morgan fingerprint density at radius 1 is 1.03 bits per heavy atom. The summed E-state index contributed by atoms with van der Waals surface area (Å²) in [6.45, 7) is 2.58. The molecule has 0 bridgehead atoms. The first kappa shape index (κ1) is 21.0. The summed E-state index contributed by atoms with van der Waals surface area (Å²) >= 11 is 0. The van der Waals surface area contributed by atoms with Crippen LogP contribution < -0.4 is 10.2 Å². The number of hydrogen-bond donors (Lipinski definition) is 2. The molecule has 1 aliphatic rings. The summed E-state index contributed by atoms with van der Waals surface area (Å²) in [5.41, 5.74) is 0.818. The third-order valence-corrected chi connectivity index (χ3v) is 6.09. The van der Waals surface area contributed by atoms with Crippen LogP contribution in [0.2, 0.25) is 0 Å². The molecule has 0 saturated carbocycles. The molecule has 0 radical (unpaired) electrons. The Kier molecular flexibility index (Phi) is 6.33. The van der Waals surface area contributed by atoms with Crippen molar-refractivity contribution >= 4 is 27.1 Å². The normalized spacial score (nSPS) is 15.5. The van der Waals surface area contributed by atoms with Gasteiger partial charge in [0.25, 0.3) is 0 Å². The number of piperazine rings is 1. The molecule has 1 heterocycles. The fourth-order valence-electron chi connectivity index (χ4n) is 3.13. The topological polar surface area (TPSA) is 89.9 Å². The molecule has 1 saturated heterocycles. The molecule has 29 heavy (non-hydrogen) atoms. The minimum absolute atomic E-state index is 0.0203. The summed E-state index contributed by atoms with van der Waals surface area (Å²) in [6.07, 6.45) is 0. The van der Waals surface area contributed by atoms with Crippen LogP contribution >= 0.6 is 0 Å². The van der Waals surface area contributed by atoms with Crippen molar-refractivity contribution in [2.75, 3.05) is 42.9 Å². The first-order valence-electron chi connectivity index (χ1n) is 8.94. The number of hydrogen-bond acceptors (Lipinski definition) is 6. The molecule has 7 nitrogen and oxygen atoms in total. The van der Waals surface area contributed by atoms with Gasteiger partial charge in [0.2, 0.25) is 15.7 Å². The van der Waals surface area contributed by atoms with Crippen LogP contribution in [0.3, 0.4) is 0 Å². The average molecular weight is 425 g/mol. The second kappa shape index (κ2) is 8.75. The van der Waals surface area contributed by atoms with Gasteiger partial charge >= 0.3 is 5.76 Å². The zero-order chi connectivity index (χ0) is 21.0. The molecule has 1 aliphatic heterocycles. The summed E-state index contributed by atoms with van der Waals surface area (Å²) in [5.74, 6) is -3.84. The molecule has 2 N–H and O–H groups in total. The SMILES string of the molecule is O=C(CN1CCN(c2ccc(O)cc2)CC1)Nc1ccccc1S(=O)(=O)C(F)F. The second-order valence-corrected chi connectivity index (χ2v) is 8.52. The number of phenols is 1. The maximum absolute atomic E-state index is 12.9. The summed E-state index contributed by atoms with van der Waals surface area (Å²) in [5, 5.41) is 11.8. The number of aromatic hydroxyl groups is 1. The van der Waals surface area contributed by atoms with E-state index < -0.39 is 26.4 Å². The molecule has 1 amide bonds. The zero-order valence-electron chi connectivity index (χ0n) is 15.5. The van der Waals surface area contributed by atoms with Gasteiger partial charge in [-0.05, 0) is 36.4 Å². The van der Waals surface area contributed by atoms with Gasteiger partial charge in [-0.2, -0.15) is 8.78 Å². The maximum Gasteiger partial charge on any atom is 0.341 e. The van der Waals surface area contributed by atoms with Gasteiger partial charge in [-0.15, -0.1) is 0 Å². The Labute approximate surface area is 167 Å². The summed E-state index contributed by atoms with van der Waals surface area (Å²) in [7, 11) is -4.81. The Balaban J connectivity index is 1.58.